The van der Waals surface area contributed by atoms with Crippen LogP contribution in [0.1, 0.15) is 28.8 Å². The van der Waals surface area contributed by atoms with Crippen LogP contribution in [-0.2, 0) is 11.3 Å². The minimum absolute atomic E-state index is 0.128. The van der Waals surface area contributed by atoms with Gasteiger partial charge in [-0.1, -0.05) is 6.07 Å². The molecule has 0 aliphatic carbocycles. The Morgan fingerprint density at radius 2 is 2.10 bits per heavy atom. The van der Waals surface area contributed by atoms with Crippen molar-refractivity contribution >= 4 is 5.91 Å². The number of primary amides is 1. The zero-order valence-corrected chi connectivity index (χ0v) is 11.4. The molecule has 2 aliphatic rings. The molecule has 1 unspecified atom stereocenters. The van der Waals surface area contributed by atoms with E-state index in [0.29, 0.717) is 11.5 Å². The van der Waals surface area contributed by atoms with Crippen LogP contribution >= 0.6 is 0 Å². The van der Waals surface area contributed by atoms with Crippen molar-refractivity contribution < 1.29 is 14.3 Å². The Morgan fingerprint density at radius 1 is 1.30 bits per heavy atom. The first-order chi connectivity index (χ1) is 9.74. The van der Waals surface area contributed by atoms with Crippen molar-refractivity contribution in [3.8, 4) is 5.75 Å². The van der Waals surface area contributed by atoms with Crippen molar-refractivity contribution in [1.82, 2.24) is 5.32 Å². The largest absolute Gasteiger partial charge is 0.488 e. The fraction of sp³-hybridized carbons (Fsp3) is 0.533. The summed E-state index contributed by atoms with van der Waals surface area (Å²) >= 11 is 0. The normalized spacial score (nSPS) is 23.5. The van der Waals surface area contributed by atoms with E-state index in [1.165, 1.54) is 0 Å². The third kappa shape index (κ3) is 2.78. The number of fused-ring (bicyclic) bond motifs is 1. The molecule has 20 heavy (non-hydrogen) atoms. The number of rotatable bonds is 2. The Bertz CT molecular complexity index is 498. The quantitative estimate of drug-likeness (QED) is 0.847. The van der Waals surface area contributed by atoms with Gasteiger partial charge in [-0.3, -0.25) is 4.79 Å². The number of amides is 1. The van der Waals surface area contributed by atoms with Crippen LogP contribution in [0.3, 0.4) is 0 Å². The zero-order chi connectivity index (χ0) is 13.9. The Morgan fingerprint density at radius 3 is 2.85 bits per heavy atom. The number of carbonyl (C=O) groups is 1. The van der Waals surface area contributed by atoms with Crippen molar-refractivity contribution in [2.75, 3.05) is 19.8 Å². The lowest BCUT2D eigenvalue weighted by atomic mass is 9.94. The van der Waals surface area contributed by atoms with Gasteiger partial charge in [-0.2, -0.15) is 0 Å². The molecule has 2 heterocycles. The van der Waals surface area contributed by atoms with E-state index in [1.54, 1.807) is 12.1 Å². The molecule has 0 bridgehead atoms. The lowest BCUT2D eigenvalue weighted by Crippen LogP contribution is -2.38. The summed E-state index contributed by atoms with van der Waals surface area (Å²) in [5, 5.41) is 3.42. The summed E-state index contributed by atoms with van der Waals surface area (Å²) in [4.78, 5) is 11.3. The maximum absolute atomic E-state index is 11.3. The molecule has 1 fully saturated rings. The van der Waals surface area contributed by atoms with E-state index < -0.39 is 5.91 Å². The SMILES string of the molecule is NC(=O)c1ccc2c(c1)OC(C1CCOCC1)CNC2. The van der Waals surface area contributed by atoms with Crippen LogP contribution in [0.4, 0.5) is 0 Å². The molecule has 1 saturated heterocycles. The van der Waals surface area contributed by atoms with E-state index in [-0.39, 0.29) is 6.10 Å². The monoisotopic (exact) mass is 276 g/mol. The summed E-state index contributed by atoms with van der Waals surface area (Å²) < 4.78 is 11.6. The smallest absolute Gasteiger partial charge is 0.248 e. The molecule has 3 rings (SSSR count). The fourth-order valence-corrected chi connectivity index (χ4v) is 2.87. The van der Waals surface area contributed by atoms with Crippen molar-refractivity contribution in [3.63, 3.8) is 0 Å². The molecular formula is C15H20N2O3. The molecule has 1 amide bonds. The Kier molecular flexibility index (Phi) is 3.89. The molecule has 1 aromatic carbocycles. The van der Waals surface area contributed by atoms with Gasteiger partial charge >= 0.3 is 0 Å². The van der Waals surface area contributed by atoms with Crippen LogP contribution < -0.4 is 15.8 Å². The second kappa shape index (κ2) is 5.81. The predicted octanol–water partition coefficient (Wildman–Crippen LogP) is 1.06. The summed E-state index contributed by atoms with van der Waals surface area (Å²) in [5.41, 5.74) is 6.91. The number of nitrogens with two attached hydrogens (primary N) is 1. The van der Waals surface area contributed by atoms with Gasteiger partial charge in [0.2, 0.25) is 5.91 Å². The van der Waals surface area contributed by atoms with Crippen molar-refractivity contribution in [2.45, 2.75) is 25.5 Å². The van der Waals surface area contributed by atoms with E-state index >= 15 is 0 Å². The predicted molar refractivity (Wildman–Crippen MR) is 74.6 cm³/mol. The molecule has 5 heteroatoms. The molecule has 0 saturated carbocycles. The fourth-order valence-electron chi connectivity index (χ4n) is 2.87. The molecule has 1 atom stereocenters. The Labute approximate surface area is 118 Å². The highest BCUT2D eigenvalue weighted by Gasteiger charge is 2.28. The molecule has 3 N–H and O–H groups in total. The molecule has 108 valence electrons. The summed E-state index contributed by atoms with van der Waals surface area (Å²) in [6.07, 6.45) is 2.18. The molecule has 5 nitrogen and oxygen atoms in total. The van der Waals surface area contributed by atoms with Crippen LogP contribution in [0.2, 0.25) is 0 Å². The molecular weight excluding hydrogens is 256 g/mol. The van der Waals surface area contributed by atoms with E-state index in [4.69, 9.17) is 15.2 Å². The van der Waals surface area contributed by atoms with Crippen molar-refractivity contribution in [1.29, 1.82) is 0 Å². The van der Waals surface area contributed by atoms with E-state index in [9.17, 15) is 4.79 Å². The lowest BCUT2D eigenvalue weighted by Gasteiger charge is -2.29. The summed E-state index contributed by atoms with van der Waals surface area (Å²) in [6, 6.07) is 5.42. The average molecular weight is 276 g/mol. The van der Waals surface area contributed by atoms with Crippen molar-refractivity contribution in [2.24, 2.45) is 11.7 Å². The van der Waals surface area contributed by atoms with Gasteiger partial charge in [-0.15, -0.1) is 0 Å². The first kappa shape index (κ1) is 13.4. The Hall–Kier alpha value is -1.59. The second-order valence-electron chi connectivity index (χ2n) is 5.42. The first-order valence-electron chi connectivity index (χ1n) is 7.12. The molecule has 0 aromatic heterocycles. The van der Waals surface area contributed by atoms with Crippen LogP contribution in [0.15, 0.2) is 18.2 Å². The first-order valence-corrected chi connectivity index (χ1v) is 7.12. The number of ether oxygens (including phenoxy) is 2. The average Bonchev–Trinajstić information content (AvgIpc) is 2.69. The number of nitrogens with one attached hydrogen (secondary N) is 1. The molecule has 2 aliphatic heterocycles. The maximum atomic E-state index is 11.3. The van der Waals surface area contributed by atoms with Crippen LogP contribution in [0.5, 0.6) is 5.75 Å². The number of benzene rings is 1. The van der Waals surface area contributed by atoms with E-state index in [2.05, 4.69) is 5.32 Å². The van der Waals surface area contributed by atoms with Crippen LogP contribution in [0.25, 0.3) is 0 Å². The van der Waals surface area contributed by atoms with Gasteiger partial charge in [0, 0.05) is 43.3 Å². The minimum atomic E-state index is -0.420. The number of hydrogen-bond donors (Lipinski definition) is 2. The van der Waals surface area contributed by atoms with Crippen LogP contribution in [-0.4, -0.2) is 31.8 Å². The summed E-state index contributed by atoms with van der Waals surface area (Å²) in [7, 11) is 0. The highest BCUT2D eigenvalue weighted by Crippen LogP contribution is 2.28. The van der Waals surface area contributed by atoms with Gasteiger partial charge in [-0.25, -0.2) is 0 Å². The standard InChI is InChI=1S/C15H20N2O3/c16-15(18)11-1-2-12-8-17-9-14(20-13(12)7-11)10-3-5-19-6-4-10/h1-2,7,10,14,17H,3-6,8-9H2,(H2,16,18). The van der Waals surface area contributed by atoms with Crippen LogP contribution in [0, 0.1) is 5.92 Å². The molecule has 1 aromatic rings. The van der Waals surface area contributed by atoms with Gasteiger partial charge < -0.3 is 20.5 Å². The second-order valence-corrected chi connectivity index (χ2v) is 5.42. The number of carbonyl (C=O) groups excluding carboxylic acids is 1. The van der Waals surface area contributed by atoms with Gasteiger partial charge in [0.1, 0.15) is 11.9 Å². The molecule has 0 spiro atoms. The highest BCUT2D eigenvalue weighted by molar-refractivity contribution is 5.93. The van der Waals surface area contributed by atoms with Crippen molar-refractivity contribution in [3.05, 3.63) is 29.3 Å². The van der Waals surface area contributed by atoms with E-state index in [0.717, 1.165) is 50.5 Å². The zero-order valence-electron chi connectivity index (χ0n) is 11.4. The third-order valence-corrected chi connectivity index (χ3v) is 4.08. The van der Waals surface area contributed by atoms with Gasteiger partial charge in [-0.05, 0) is 25.0 Å². The summed E-state index contributed by atoms with van der Waals surface area (Å²) in [5.74, 6) is 0.860. The Balaban J connectivity index is 1.81. The summed E-state index contributed by atoms with van der Waals surface area (Å²) in [6.45, 7) is 3.19. The minimum Gasteiger partial charge on any atom is -0.488 e. The highest BCUT2D eigenvalue weighted by atomic mass is 16.5. The lowest BCUT2D eigenvalue weighted by molar-refractivity contribution is 0.0198. The third-order valence-electron chi connectivity index (χ3n) is 4.08. The van der Waals surface area contributed by atoms with Gasteiger partial charge in [0.15, 0.2) is 0 Å². The number of hydrogen-bond acceptors (Lipinski definition) is 4. The van der Waals surface area contributed by atoms with E-state index in [1.807, 2.05) is 6.07 Å². The molecule has 0 radical (unpaired) electrons. The van der Waals surface area contributed by atoms with Gasteiger partial charge in [0.25, 0.3) is 0 Å². The topological polar surface area (TPSA) is 73.6 Å². The van der Waals surface area contributed by atoms with Gasteiger partial charge in [0.05, 0.1) is 0 Å². The maximum Gasteiger partial charge on any atom is 0.248 e.